The fourth-order valence-electron chi connectivity index (χ4n) is 2.26. The SMILES string of the molecule is CCC(C)(O)C1CCc2cccnc21. The maximum Gasteiger partial charge on any atom is 0.0700 e. The summed E-state index contributed by atoms with van der Waals surface area (Å²) in [5.41, 5.74) is 1.82. The van der Waals surface area contributed by atoms with Crippen molar-refractivity contribution in [1.29, 1.82) is 0 Å². The first-order valence-electron chi connectivity index (χ1n) is 5.31. The van der Waals surface area contributed by atoms with Crippen molar-refractivity contribution in [2.75, 3.05) is 0 Å². The third-order valence-electron chi connectivity index (χ3n) is 3.43. The van der Waals surface area contributed by atoms with Crippen LogP contribution < -0.4 is 0 Å². The largest absolute Gasteiger partial charge is 0.389 e. The van der Waals surface area contributed by atoms with Crippen molar-refractivity contribution < 1.29 is 5.11 Å². The minimum absolute atomic E-state index is 0.226. The number of hydrogen-bond donors (Lipinski definition) is 1. The van der Waals surface area contributed by atoms with E-state index in [0.717, 1.165) is 25.0 Å². The average Bonchev–Trinajstić information content (AvgIpc) is 2.61. The Bertz CT molecular complexity index is 333. The molecule has 0 aliphatic heterocycles. The minimum atomic E-state index is -0.598. The Labute approximate surface area is 85.0 Å². The van der Waals surface area contributed by atoms with Crippen LogP contribution >= 0.6 is 0 Å². The first kappa shape index (κ1) is 9.66. The molecule has 1 aromatic rings. The van der Waals surface area contributed by atoms with E-state index in [9.17, 15) is 5.11 Å². The summed E-state index contributed by atoms with van der Waals surface area (Å²) < 4.78 is 0. The molecule has 2 rings (SSSR count). The molecule has 2 heteroatoms. The van der Waals surface area contributed by atoms with Crippen molar-refractivity contribution in [3.8, 4) is 0 Å². The Morgan fingerprint density at radius 1 is 1.64 bits per heavy atom. The number of aromatic nitrogens is 1. The van der Waals surface area contributed by atoms with Crippen molar-refractivity contribution in [3.63, 3.8) is 0 Å². The average molecular weight is 191 g/mol. The lowest BCUT2D eigenvalue weighted by atomic mass is 9.85. The molecule has 1 N–H and O–H groups in total. The van der Waals surface area contributed by atoms with Gasteiger partial charge in [-0.2, -0.15) is 0 Å². The number of rotatable bonds is 2. The highest BCUT2D eigenvalue weighted by Crippen LogP contribution is 2.40. The van der Waals surface area contributed by atoms with Gasteiger partial charge in [0.15, 0.2) is 0 Å². The van der Waals surface area contributed by atoms with Crippen molar-refractivity contribution in [3.05, 3.63) is 29.6 Å². The summed E-state index contributed by atoms with van der Waals surface area (Å²) in [5, 5.41) is 10.2. The standard InChI is InChI=1S/C12H17NO/c1-3-12(2,14)10-7-6-9-5-4-8-13-11(9)10/h4-5,8,10,14H,3,6-7H2,1-2H3. The van der Waals surface area contributed by atoms with Crippen LogP contribution in [0.3, 0.4) is 0 Å². The van der Waals surface area contributed by atoms with E-state index in [2.05, 4.69) is 11.1 Å². The van der Waals surface area contributed by atoms with Crippen LogP contribution in [0.25, 0.3) is 0 Å². The third kappa shape index (κ3) is 1.44. The number of pyridine rings is 1. The van der Waals surface area contributed by atoms with Gasteiger partial charge in [0.05, 0.1) is 5.60 Å². The van der Waals surface area contributed by atoms with Gasteiger partial charge >= 0.3 is 0 Å². The maximum absolute atomic E-state index is 10.2. The Hall–Kier alpha value is -0.890. The number of hydrogen-bond acceptors (Lipinski definition) is 2. The second kappa shape index (κ2) is 3.35. The monoisotopic (exact) mass is 191 g/mol. The van der Waals surface area contributed by atoms with Gasteiger partial charge in [0.1, 0.15) is 0 Å². The van der Waals surface area contributed by atoms with Gasteiger partial charge in [-0.05, 0) is 37.8 Å². The molecule has 2 unspecified atom stereocenters. The van der Waals surface area contributed by atoms with Gasteiger partial charge in [-0.1, -0.05) is 13.0 Å². The predicted octanol–water partition coefficient (Wildman–Crippen LogP) is 2.27. The van der Waals surface area contributed by atoms with Crippen LogP contribution in [0.4, 0.5) is 0 Å². The Morgan fingerprint density at radius 3 is 3.14 bits per heavy atom. The van der Waals surface area contributed by atoms with E-state index in [1.165, 1.54) is 5.56 Å². The highest BCUT2D eigenvalue weighted by Gasteiger charge is 2.36. The van der Waals surface area contributed by atoms with Gasteiger partial charge in [0.2, 0.25) is 0 Å². The molecule has 0 fully saturated rings. The topological polar surface area (TPSA) is 33.1 Å². The molecule has 1 heterocycles. The van der Waals surface area contributed by atoms with Gasteiger partial charge in [0, 0.05) is 17.8 Å². The molecule has 0 amide bonds. The van der Waals surface area contributed by atoms with Crippen LogP contribution in [-0.2, 0) is 6.42 Å². The first-order chi connectivity index (χ1) is 6.65. The molecule has 0 spiro atoms. The van der Waals surface area contributed by atoms with E-state index in [1.807, 2.05) is 26.1 Å². The molecule has 0 bridgehead atoms. The maximum atomic E-state index is 10.2. The molecule has 1 aliphatic rings. The smallest absolute Gasteiger partial charge is 0.0700 e. The lowest BCUT2D eigenvalue weighted by Crippen LogP contribution is -2.31. The molecule has 2 atom stereocenters. The van der Waals surface area contributed by atoms with Crippen molar-refractivity contribution in [2.45, 2.75) is 44.6 Å². The molecule has 76 valence electrons. The zero-order valence-electron chi connectivity index (χ0n) is 8.83. The second-order valence-corrected chi connectivity index (χ2v) is 4.35. The van der Waals surface area contributed by atoms with Gasteiger partial charge < -0.3 is 5.11 Å². The molecule has 2 nitrogen and oxygen atoms in total. The number of aliphatic hydroxyl groups is 1. The Morgan fingerprint density at radius 2 is 2.43 bits per heavy atom. The van der Waals surface area contributed by atoms with E-state index in [-0.39, 0.29) is 5.92 Å². The summed E-state index contributed by atoms with van der Waals surface area (Å²) in [6, 6.07) is 4.09. The number of aryl methyl sites for hydroxylation is 1. The zero-order chi connectivity index (χ0) is 10.2. The highest BCUT2D eigenvalue weighted by atomic mass is 16.3. The van der Waals surface area contributed by atoms with Gasteiger partial charge in [-0.25, -0.2) is 0 Å². The fourth-order valence-corrected chi connectivity index (χ4v) is 2.26. The van der Waals surface area contributed by atoms with Gasteiger partial charge in [0.25, 0.3) is 0 Å². The summed E-state index contributed by atoms with van der Waals surface area (Å²) in [4.78, 5) is 4.39. The second-order valence-electron chi connectivity index (χ2n) is 4.35. The van der Waals surface area contributed by atoms with E-state index in [1.54, 1.807) is 0 Å². The molecule has 14 heavy (non-hydrogen) atoms. The van der Waals surface area contributed by atoms with Gasteiger partial charge in [-0.3, -0.25) is 4.98 Å². The molecule has 0 radical (unpaired) electrons. The summed E-state index contributed by atoms with van der Waals surface area (Å²) in [7, 11) is 0. The number of nitrogens with zero attached hydrogens (tertiary/aromatic N) is 1. The van der Waals surface area contributed by atoms with Crippen molar-refractivity contribution in [2.24, 2.45) is 0 Å². The van der Waals surface area contributed by atoms with E-state index in [0.29, 0.717) is 0 Å². The third-order valence-corrected chi connectivity index (χ3v) is 3.43. The van der Waals surface area contributed by atoms with Crippen LogP contribution in [0.15, 0.2) is 18.3 Å². The summed E-state index contributed by atoms with van der Waals surface area (Å²) in [5.74, 6) is 0.226. The molecule has 0 saturated carbocycles. The Balaban J connectivity index is 2.35. The predicted molar refractivity (Wildman–Crippen MR) is 56.2 cm³/mol. The quantitative estimate of drug-likeness (QED) is 0.778. The molecule has 0 aromatic carbocycles. The fraction of sp³-hybridized carbons (Fsp3) is 0.583. The van der Waals surface area contributed by atoms with Crippen molar-refractivity contribution in [1.82, 2.24) is 4.98 Å². The van der Waals surface area contributed by atoms with E-state index < -0.39 is 5.60 Å². The van der Waals surface area contributed by atoms with E-state index in [4.69, 9.17) is 0 Å². The minimum Gasteiger partial charge on any atom is -0.389 e. The summed E-state index contributed by atoms with van der Waals surface area (Å²) in [6.45, 7) is 3.95. The summed E-state index contributed by atoms with van der Waals surface area (Å²) >= 11 is 0. The number of fused-ring (bicyclic) bond motifs is 1. The first-order valence-corrected chi connectivity index (χ1v) is 5.31. The van der Waals surface area contributed by atoms with Gasteiger partial charge in [-0.15, -0.1) is 0 Å². The molecular weight excluding hydrogens is 174 g/mol. The molecule has 1 aliphatic carbocycles. The van der Waals surface area contributed by atoms with Crippen LogP contribution in [0, 0.1) is 0 Å². The van der Waals surface area contributed by atoms with E-state index >= 15 is 0 Å². The van der Waals surface area contributed by atoms with Crippen LogP contribution in [-0.4, -0.2) is 15.7 Å². The molecular formula is C12H17NO. The molecule has 0 saturated heterocycles. The van der Waals surface area contributed by atoms with Crippen LogP contribution in [0.2, 0.25) is 0 Å². The zero-order valence-corrected chi connectivity index (χ0v) is 8.83. The lowest BCUT2D eigenvalue weighted by molar-refractivity contribution is 0.0258. The lowest BCUT2D eigenvalue weighted by Gasteiger charge is -2.28. The highest BCUT2D eigenvalue weighted by molar-refractivity contribution is 5.30. The summed E-state index contributed by atoms with van der Waals surface area (Å²) in [6.07, 6.45) is 4.70. The van der Waals surface area contributed by atoms with Crippen LogP contribution in [0.5, 0.6) is 0 Å². The van der Waals surface area contributed by atoms with Crippen molar-refractivity contribution >= 4 is 0 Å². The Kier molecular flexibility index (Phi) is 2.31. The van der Waals surface area contributed by atoms with Crippen LogP contribution in [0.1, 0.15) is 43.9 Å². The normalized spacial score (nSPS) is 24.4. The molecule has 1 aromatic heterocycles.